The Bertz CT molecular complexity index is 453. The highest BCUT2D eigenvalue weighted by atomic mass is 16.2. The van der Waals surface area contributed by atoms with Gasteiger partial charge in [0.1, 0.15) is 0 Å². The Hall–Kier alpha value is -1.77. The summed E-state index contributed by atoms with van der Waals surface area (Å²) in [6, 6.07) is 10.3. The van der Waals surface area contributed by atoms with Crippen LogP contribution in [-0.4, -0.2) is 35.5 Å². The zero-order valence-corrected chi connectivity index (χ0v) is 11.8. The maximum Gasteiger partial charge on any atom is 0.324 e. The fraction of sp³-hybridized carbons (Fsp3) is 0.438. The van der Waals surface area contributed by atoms with E-state index < -0.39 is 0 Å². The highest BCUT2D eigenvalue weighted by Gasteiger charge is 2.27. The molecule has 0 saturated heterocycles. The summed E-state index contributed by atoms with van der Waals surface area (Å²) in [7, 11) is 0. The van der Waals surface area contributed by atoms with E-state index in [1.54, 1.807) is 0 Å². The lowest BCUT2D eigenvalue weighted by atomic mass is 10.1. The lowest BCUT2D eigenvalue weighted by Crippen LogP contribution is -2.46. The molecule has 0 unspecified atom stereocenters. The van der Waals surface area contributed by atoms with Crippen LogP contribution in [0.5, 0.6) is 0 Å². The van der Waals surface area contributed by atoms with E-state index in [4.69, 9.17) is 0 Å². The summed E-state index contributed by atoms with van der Waals surface area (Å²) in [5.41, 5.74) is 2.18. The van der Waals surface area contributed by atoms with E-state index in [0.29, 0.717) is 0 Å². The largest absolute Gasteiger partial charge is 0.324 e. The lowest BCUT2D eigenvalue weighted by Gasteiger charge is -2.35. The summed E-state index contributed by atoms with van der Waals surface area (Å²) in [6.45, 7) is 6.54. The van der Waals surface area contributed by atoms with Gasteiger partial charge in [-0.05, 0) is 24.5 Å². The van der Waals surface area contributed by atoms with Crippen LogP contribution in [0.2, 0.25) is 0 Å². The number of carbonyl (C=O) groups excluding carboxylic acids is 1. The molecule has 1 heterocycles. The van der Waals surface area contributed by atoms with Crippen LogP contribution in [0.25, 0.3) is 5.70 Å². The van der Waals surface area contributed by atoms with Gasteiger partial charge in [-0.25, -0.2) is 4.79 Å². The normalized spacial score (nSPS) is 15.7. The Labute approximate surface area is 115 Å². The Morgan fingerprint density at radius 1 is 1.05 bits per heavy atom. The highest BCUT2D eigenvalue weighted by molar-refractivity contribution is 5.88. The monoisotopic (exact) mass is 258 g/mol. The minimum atomic E-state index is 0.144. The molecule has 0 atom stereocenters. The van der Waals surface area contributed by atoms with Gasteiger partial charge in [0.25, 0.3) is 0 Å². The van der Waals surface area contributed by atoms with Crippen molar-refractivity contribution in [3.8, 4) is 0 Å². The third-order valence-corrected chi connectivity index (χ3v) is 3.31. The predicted molar refractivity (Wildman–Crippen MR) is 78.7 cm³/mol. The second kappa shape index (κ2) is 6.41. The van der Waals surface area contributed by atoms with Crippen LogP contribution in [0.4, 0.5) is 4.79 Å². The maximum atomic E-state index is 12.5. The molecule has 2 amide bonds. The predicted octanol–water partition coefficient (Wildman–Crippen LogP) is 3.59. The molecule has 1 aliphatic rings. The van der Waals surface area contributed by atoms with Crippen LogP contribution < -0.4 is 0 Å². The SMILES string of the molecule is CCCN1CC=C(c2ccccc2)N(CCC)C1=O. The highest BCUT2D eigenvalue weighted by Crippen LogP contribution is 2.24. The van der Waals surface area contributed by atoms with Crippen molar-refractivity contribution in [3.63, 3.8) is 0 Å². The van der Waals surface area contributed by atoms with Crippen molar-refractivity contribution in [2.45, 2.75) is 26.7 Å². The van der Waals surface area contributed by atoms with Gasteiger partial charge < -0.3 is 4.90 Å². The van der Waals surface area contributed by atoms with Gasteiger partial charge in [0.15, 0.2) is 0 Å². The van der Waals surface area contributed by atoms with Crippen molar-refractivity contribution in [1.29, 1.82) is 0 Å². The van der Waals surface area contributed by atoms with Crippen molar-refractivity contribution in [2.75, 3.05) is 19.6 Å². The molecule has 1 aromatic rings. The van der Waals surface area contributed by atoms with Gasteiger partial charge in [-0.2, -0.15) is 0 Å². The minimum Gasteiger partial charge on any atom is -0.321 e. The number of urea groups is 1. The van der Waals surface area contributed by atoms with Crippen LogP contribution in [0.3, 0.4) is 0 Å². The minimum absolute atomic E-state index is 0.144. The van der Waals surface area contributed by atoms with Gasteiger partial charge in [0.2, 0.25) is 0 Å². The topological polar surface area (TPSA) is 23.6 Å². The first-order valence-electron chi connectivity index (χ1n) is 7.10. The van der Waals surface area contributed by atoms with Crippen LogP contribution in [0.15, 0.2) is 36.4 Å². The molecule has 0 bridgehead atoms. The maximum absolute atomic E-state index is 12.5. The number of amides is 2. The number of benzene rings is 1. The molecule has 3 heteroatoms. The van der Waals surface area contributed by atoms with Crippen molar-refractivity contribution in [1.82, 2.24) is 9.80 Å². The van der Waals surface area contributed by atoms with E-state index in [1.165, 1.54) is 0 Å². The van der Waals surface area contributed by atoms with Crippen LogP contribution in [-0.2, 0) is 0 Å². The van der Waals surface area contributed by atoms with Crippen LogP contribution >= 0.6 is 0 Å². The molecule has 0 radical (unpaired) electrons. The number of rotatable bonds is 5. The zero-order chi connectivity index (χ0) is 13.7. The standard InChI is InChI=1S/C16H22N2O/c1-3-11-17-13-10-15(14-8-6-5-7-9-14)18(12-4-2)16(17)19/h5-10H,3-4,11-13H2,1-2H3. The Kier molecular flexibility index (Phi) is 4.61. The van der Waals surface area contributed by atoms with Gasteiger partial charge in [-0.1, -0.05) is 44.2 Å². The van der Waals surface area contributed by atoms with Crippen molar-refractivity contribution in [2.24, 2.45) is 0 Å². The first-order chi connectivity index (χ1) is 9.27. The van der Waals surface area contributed by atoms with Gasteiger partial charge >= 0.3 is 6.03 Å². The quantitative estimate of drug-likeness (QED) is 0.791. The molecule has 0 N–H and O–H groups in total. The molecule has 0 spiro atoms. The summed E-state index contributed by atoms with van der Waals surface area (Å²) >= 11 is 0. The molecule has 0 aromatic heterocycles. The van der Waals surface area contributed by atoms with Gasteiger partial charge in [-0.15, -0.1) is 0 Å². The molecule has 1 aliphatic heterocycles. The fourth-order valence-electron chi connectivity index (χ4n) is 2.44. The Balaban J connectivity index is 2.28. The molecular weight excluding hydrogens is 236 g/mol. The number of hydrogen-bond acceptors (Lipinski definition) is 1. The van der Waals surface area contributed by atoms with E-state index in [0.717, 1.165) is 43.7 Å². The summed E-state index contributed by atoms with van der Waals surface area (Å²) in [6.07, 6.45) is 4.14. The number of hydrogen-bond donors (Lipinski definition) is 0. The molecule has 0 fully saturated rings. The Morgan fingerprint density at radius 3 is 2.37 bits per heavy atom. The summed E-state index contributed by atoms with van der Waals surface area (Å²) in [4.78, 5) is 16.3. The van der Waals surface area contributed by atoms with Crippen molar-refractivity contribution in [3.05, 3.63) is 42.0 Å². The summed E-state index contributed by atoms with van der Waals surface area (Å²) in [5, 5.41) is 0. The van der Waals surface area contributed by atoms with Gasteiger partial charge in [-0.3, -0.25) is 4.90 Å². The third kappa shape index (κ3) is 2.98. The number of nitrogens with zero attached hydrogens (tertiary/aromatic N) is 2. The molecule has 2 rings (SSSR count). The third-order valence-electron chi connectivity index (χ3n) is 3.31. The average molecular weight is 258 g/mol. The van der Waals surface area contributed by atoms with E-state index in [9.17, 15) is 4.79 Å². The molecule has 0 saturated carbocycles. The van der Waals surface area contributed by atoms with E-state index in [-0.39, 0.29) is 6.03 Å². The number of carbonyl (C=O) groups is 1. The zero-order valence-electron chi connectivity index (χ0n) is 11.8. The molecule has 102 valence electrons. The lowest BCUT2D eigenvalue weighted by molar-refractivity contribution is 0.172. The molecular formula is C16H22N2O. The first kappa shape index (κ1) is 13.7. The average Bonchev–Trinajstić information content (AvgIpc) is 2.45. The second-order valence-corrected chi connectivity index (χ2v) is 4.84. The van der Waals surface area contributed by atoms with Gasteiger partial charge in [0.05, 0.1) is 5.70 Å². The molecule has 1 aromatic carbocycles. The smallest absolute Gasteiger partial charge is 0.321 e. The molecule has 19 heavy (non-hydrogen) atoms. The second-order valence-electron chi connectivity index (χ2n) is 4.84. The summed E-state index contributed by atoms with van der Waals surface area (Å²) in [5.74, 6) is 0. The molecule has 0 aliphatic carbocycles. The van der Waals surface area contributed by atoms with Crippen LogP contribution in [0.1, 0.15) is 32.3 Å². The summed E-state index contributed by atoms with van der Waals surface area (Å²) < 4.78 is 0. The van der Waals surface area contributed by atoms with Gasteiger partial charge in [0, 0.05) is 19.6 Å². The first-order valence-corrected chi connectivity index (χ1v) is 7.10. The van der Waals surface area contributed by atoms with E-state index in [1.807, 2.05) is 28.0 Å². The van der Waals surface area contributed by atoms with E-state index >= 15 is 0 Å². The van der Waals surface area contributed by atoms with Crippen LogP contribution in [0, 0.1) is 0 Å². The van der Waals surface area contributed by atoms with Crippen molar-refractivity contribution >= 4 is 11.7 Å². The van der Waals surface area contributed by atoms with E-state index in [2.05, 4.69) is 32.1 Å². The van der Waals surface area contributed by atoms with Crippen molar-refractivity contribution < 1.29 is 4.79 Å². The Morgan fingerprint density at radius 2 is 1.74 bits per heavy atom. The fourth-order valence-corrected chi connectivity index (χ4v) is 2.44. The molecule has 3 nitrogen and oxygen atoms in total.